The van der Waals surface area contributed by atoms with Gasteiger partial charge in [0.15, 0.2) is 0 Å². The average Bonchev–Trinajstić information content (AvgIpc) is 3.23. The minimum atomic E-state index is -3.93. The minimum absolute atomic E-state index is 0.125. The third-order valence-corrected chi connectivity index (χ3v) is 6.04. The van der Waals surface area contributed by atoms with Crippen molar-refractivity contribution in [1.29, 1.82) is 0 Å². The Bertz CT molecular complexity index is 1420. The summed E-state index contributed by atoms with van der Waals surface area (Å²) in [6, 6.07) is 6.74. The van der Waals surface area contributed by atoms with Crippen molar-refractivity contribution in [2.75, 3.05) is 0 Å². The number of rotatable bonds is 7. The molecule has 0 radical (unpaired) electrons. The van der Waals surface area contributed by atoms with E-state index >= 15 is 0 Å². The highest BCUT2D eigenvalue weighted by Gasteiger charge is 2.21. The van der Waals surface area contributed by atoms with E-state index in [4.69, 9.17) is 5.14 Å². The predicted molar refractivity (Wildman–Crippen MR) is 120 cm³/mol. The number of carbonyl (C=O) groups excluding carboxylic acids is 1. The molecule has 1 aromatic carbocycles. The average molecular weight is 469 g/mol. The molecular weight excluding hydrogens is 447 g/mol. The van der Waals surface area contributed by atoms with E-state index in [9.17, 15) is 17.6 Å². The molecule has 0 bridgehead atoms. The molecule has 3 N–H and O–H groups in total. The molecule has 33 heavy (non-hydrogen) atoms. The molecule has 11 heteroatoms. The zero-order valence-corrected chi connectivity index (χ0v) is 18.5. The van der Waals surface area contributed by atoms with Crippen LogP contribution in [0, 0.1) is 5.82 Å². The molecular formula is C22H21FN6O3S. The van der Waals surface area contributed by atoms with Gasteiger partial charge in [-0.05, 0) is 42.3 Å². The molecule has 1 atom stereocenters. The molecule has 0 spiro atoms. The summed E-state index contributed by atoms with van der Waals surface area (Å²) in [7, 11) is -3.93. The van der Waals surface area contributed by atoms with Gasteiger partial charge in [-0.25, -0.2) is 22.6 Å². The van der Waals surface area contributed by atoms with Crippen molar-refractivity contribution in [3.05, 3.63) is 78.3 Å². The van der Waals surface area contributed by atoms with Crippen molar-refractivity contribution in [3.8, 4) is 5.69 Å². The van der Waals surface area contributed by atoms with Gasteiger partial charge in [-0.2, -0.15) is 5.10 Å². The van der Waals surface area contributed by atoms with Crippen LogP contribution in [0.2, 0.25) is 0 Å². The van der Waals surface area contributed by atoms with Gasteiger partial charge in [0.05, 0.1) is 35.2 Å². The number of nitrogens with zero attached hydrogens (tertiary/aromatic N) is 4. The van der Waals surface area contributed by atoms with E-state index in [1.165, 1.54) is 30.6 Å². The molecule has 0 saturated carbocycles. The summed E-state index contributed by atoms with van der Waals surface area (Å²) >= 11 is 0. The number of fused-ring (bicyclic) bond motifs is 1. The molecule has 0 aliphatic rings. The van der Waals surface area contributed by atoms with Crippen LogP contribution in [0.25, 0.3) is 16.6 Å². The van der Waals surface area contributed by atoms with Crippen molar-refractivity contribution >= 4 is 26.8 Å². The van der Waals surface area contributed by atoms with Crippen molar-refractivity contribution in [2.45, 2.75) is 30.7 Å². The summed E-state index contributed by atoms with van der Waals surface area (Å²) in [6.45, 7) is 1.95. The summed E-state index contributed by atoms with van der Waals surface area (Å²) in [5, 5.41) is 13.1. The molecule has 4 rings (SSSR count). The highest BCUT2D eigenvalue weighted by molar-refractivity contribution is 7.89. The lowest BCUT2D eigenvalue weighted by molar-refractivity contribution is 0.0935. The van der Waals surface area contributed by atoms with Gasteiger partial charge in [0.25, 0.3) is 5.91 Å². The molecule has 1 unspecified atom stereocenters. The lowest BCUT2D eigenvalue weighted by Crippen LogP contribution is -2.29. The number of hydrogen-bond donors (Lipinski definition) is 2. The number of amides is 1. The topological polar surface area (TPSA) is 133 Å². The number of carbonyl (C=O) groups is 1. The Labute approximate surface area is 189 Å². The number of aromatic nitrogens is 4. The Balaban J connectivity index is 1.67. The summed E-state index contributed by atoms with van der Waals surface area (Å²) in [6.07, 6.45) is 8.52. The van der Waals surface area contributed by atoms with Crippen LogP contribution in [0.3, 0.4) is 0 Å². The summed E-state index contributed by atoms with van der Waals surface area (Å²) in [5.41, 5.74) is 2.04. The van der Waals surface area contributed by atoms with E-state index in [1.807, 2.05) is 6.92 Å². The van der Waals surface area contributed by atoms with E-state index in [2.05, 4.69) is 20.4 Å². The van der Waals surface area contributed by atoms with Gasteiger partial charge in [-0.1, -0.05) is 13.3 Å². The van der Waals surface area contributed by atoms with Gasteiger partial charge >= 0.3 is 0 Å². The van der Waals surface area contributed by atoms with Crippen LogP contribution in [-0.4, -0.2) is 34.1 Å². The van der Waals surface area contributed by atoms with Gasteiger partial charge in [-0.3, -0.25) is 14.8 Å². The third-order valence-electron chi connectivity index (χ3n) is 5.16. The first-order chi connectivity index (χ1) is 15.8. The fourth-order valence-corrected chi connectivity index (χ4v) is 4.05. The largest absolute Gasteiger partial charge is 0.345 e. The number of primary sulfonamides is 1. The monoisotopic (exact) mass is 468 g/mol. The SMILES string of the molecule is CCCC(NC(=O)c1cncc2c1cnn2-c1ccc(F)cc1)c1cncc(S(N)(=O)=O)c1. The Morgan fingerprint density at radius 2 is 1.85 bits per heavy atom. The molecule has 9 nitrogen and oxygen atoms in total. The first-order valence-corrected chi connectivity index (χ1v) is 11.7. The highest BCUT2D eigenvalue weighted by atomic mass is 32.2. The standard InChI is InChI=1S/C22H21FN6O3S/c1-2-3-20(14-8-17(10-25-9-14)33(24,31)32)28-22(30)19-11-26-13-21-18(19)12-27-29(21)16-6-4-15(23)5-7-16/h4-13,20H,2-3H2,1H3,(H,28,30)(H2,24,31,32). The minimum Gasteiger partial charge on any atom is -0.345 e. The van der Waals surface area contributed by atoms with E-state index in [0.717, 1.165) is 12.6 Å². The molecule has 170 valence electrons. The van der Waals surface area contributed by atoms with Gasteiger partial charge < -0.3 is 5.32 Å². The lowest BCUT2D eigenvalue weighted by atomic mass is 10.0. The van der Waals surface area contributed by atoms with Gasteiger partial charge in [-0.15, -0.1) is 0 Å². The van der Waals surface area contributed by atoms with Gasteiger partial charge in [0.1, 0.15) is 10.7 Å². The summed E-state index contributed by atoms with van der Waals surface area (Å²) in [5.74, 6) is -0.762. The second kappa shape index (κ2) is 9.04. The van der Waals surface area contributed by atoms with E-state index < -0.39 is 22.0 Å². The molecule has 3 heterocycles. The maximum Gasteiger partial charge on any atom is 0.254 e. The predicted octanol–water partition coefficient (Wildman–Crippen LogP) is 2.87. The number of nitrogens with one attached hydrogen (secondary N) is 1. The van der Waals surface area contributed by atoms with E-state index in [0.29, 0.717) is 34.1 Å². The van der Waals surface area contributed by atoms with E-state index in [-0.39, 0.29) is 10.7 Å². The first kappa shape index (κ1) is 22.5. The quantitative estimate of drug-likeness (QED) is 0.429. The Hall–Kier alpha value is -3.70. The van der Waals surface area contributed by atoms with Crippen molar-refractivity contribution in [2.24, 2.45) is 5.14 Å². The van der Waals surface area contributed by atoms with Crippen LogP contribution >= 0.6 is 0 Å². The fourth-order valence-electron chi connectivity index (χ4n) is 3.54. The van der Waals surface area contributed by atoms with Gasteiger partial charge in [0, 0.05) is 24.0 Å². The second-order valence-corrected chi connectivity index (χ2v) is 9.03. The summed E-state index contributed by atoms with van der Waals surface area (Å²) < 4.78 is 38.3. The van der Waals surface area contributed by atoms with Crippen LogP contribution in [0.1, 0.15) is 41.7 Å². The summed E-state index contributed by atoms with van der Waals surface area (Å²) in [4.78, 5) is 21.2. The van der Waals surface area contributed by atoms with Crippen LogP contribution in [0.4, 0.5) is 4.39 Å². The van der Waals surface area contributed by atoms with Crippen LogP contribution in [0.15, 0.2) is 66.2 Å². The Kier molecular flexibility index (Phi) is 6.16. The van der Waals surface area contributed by atoms with E-state index in [1.54, 1.807) is 29.2 Å². The second-order valence-electron chi connectivity index (χ2n) is 7.47. The molecule has 3 aromatic heterocycles. The zero-order chi connectivity index (χ0) is 23.6. The van der Waals surface area contributed by atoms with Crippen molar-refractivity contribution < 1.29 is 17.6 Å². The Morgan fingerprint density at radius 3 is 2.55 bits per heavy atom. The zero-order valence-electron chi connectivity index (χ0n) is 17.6. The van der Waals surface area contributed by atoms with Crippen LogP contribution < -0.4 is 10.5 Å². The Morgan fingerprint density at radius 1 is 1.12 bits per heavy atom. The maximum atomic E-state index is 13.3. The molecule has 4 aromatic rings. The van der Waals surface area contributed by atoms with Crippen molar-refractivity contribution in [1.82, 2.24) is 25.1 Å². The number of benzene rings is 1. The number of nitrogens with two attached hydrogens (primary N) is 1. The third kappa shape index (κ3) is 4.73. The maximum absolute atomic E-state index is 13.3. The fraction of sp³-hybridized carbons (Fsp3) is 0.182. The number of sulfonamides is 1. The number of halogens is 1. The molecule has 0 aliphatic carbocycles. The number of pyridine rings is 2. The van der Waals surface area contributed by atoms with Crippen LogP contribution in [-0.2, 0) is 10.0 Å². The molecule has 0 saturated heterocycles. The molecule has 0 aliphatic heterocycles. The molecule has 0 fully saturated rings. The first-order valence-electron chi connectivity index (χ1n) is 10.1. The highest BCUT2D eigenvalue weighted by Crippen LogP contribution is 2.24. The smallest absolute Gasteiger partial charge is 0.254 e. The van der Waals surface area contributed by atoms with Crippen molar-refractivity contribution in [3.63, 3.8) is 0 Å². The normalized spacial score (nSPS) is 12.6. The van der Waals surface area contributed by atoms with Gasteiger partial charge in [0.2, 0.25) is 10.0 Å². The van der Waals surface area contributed by atoms with Crippen LogP contribution in [0.5, 0.6) is 0 Å². The number of hydrogen-bond acceptors (Lipinski definition) is 6. The molecule has 1 amide bonds. The lowest BCUT2D eigenvalue weighted by Gasteiger charge is -2.19.